The van der Waals surface area contributed by atoms with Gasteiger partial charge in [0.05, 0.1) is 12.7 Å². The highest BCUT2D eigenvalue weighted by atomic mass is 16.1. The molecule has 5 rings (SSSR count). The van der Waals surface area contributed by atoms with Gasteiger partial charge < -0.3 is 15.6 Å². The third kappa shape index (κ3) is 5.14. The Labute approximate surface area is 213 Å². The van der Waals surface area contributed by atoms with Gasteiger partial charge in [0.2, 0.25) is 0 Å². The van der Waals surface area contributed by atoms with Crippen LogP contribution in [0.3, 0.4) is 0 Å². The molecule has 0 bridgehead atoms. The summed E-state index contributed by atoms with van der Waals surface area (Å²) >= 11 is 0. The third-order valence-corrected chi connectivity index (χ3v) is 7.25. The van der Waals surface area contributed by atoms with Gasteiger partial charge in [-0.25, -0.2) is 0 Å². The number of nitrogens with two attached hydrogens (primary N) is 1. The van der Waals surface area contributed by atoms with Crippen LogP contribution in [0.1, 0.15) is 69.3 Å². The van der Waals surface area contributed by atoms with Crippen molar-refractivity contribution in [1.82, 2.24) is 19.7 Å². The normalized spacial score (nSPS) is 14.1. The van der Waals surface area contributed by atoms with Crippen molar-refractivity contribution in [3.05, 3.63) is 112 Å². The van der Waals surface area contributed by atoms with Crippen LogP contribution in [-0.4, -0.2) is 20.3 Å². The van der Waals surface area contributed by atoms with Crippen LogP contribution >= 0.6 is 0 Å². The minimum atomic E-state index is -0.128. The lowest BCUT2D eigenvalue weighted by molar-refractivity contribution is 0.0941. The van der Waals surface area contributed by atoms with E-state index >= 15 is 0 Å². The zero-order chi connectivity index (χ0) is 25.3. The number of nitrogens with one attached hydrogen (secondary N) is 1. The summed E-state index contributed by atoms with van der Waals surface area (Å²) in [5.74, 6) is -0.0439. The Balaban J connectivity index is 1.24. The van der Waals surface area contributed by atoms with Crippen LogP contribution in [0, 0.1) is 13.8 Å². The maximum atomic E-state index is 13.1. The van der Waals surface area contributed by atoms with Crippen molar-refractivity contribution in [2.45, 2.75) is 65.2 Å². The molecule has 1 fully saturated rings. The predicted octanol–water partition coefficient (Wildman–Crippen LogP) is 4.84. The predicted molar refractivity (Wildman–Crippen MR) is 143 cm³/mol. The van der Waals surface area contributed by atoms with E-state index in [0.717, 1.165) is 43.5 Å². The number of aryl methyl sites for hydroxylation is 2. The second kappa shape index (κ2) is 9.78. The molecule has 0 atom stereocenters. The van der Waals surface area contributed by atoms with Crippen LogP contribution in [0.15, 0.2) is 67.0 Å². The van der Waals surface area contributed by atoms with Crippen LogP contribution in [0.25, 0.3) is 0 Å². The number of nitrogens with zero attached hydrogens (tertiary/aromatic N) is 3. The van der Waals surface area contributed by atoms with Crippen molar-refractivity contribution >= 4 is 5.91 Å². The molecule has 2 aromatic heterocycles. The van der Waals surface area contributed by atoms with Crippen molar-refractivity contribution in [2.24, 2.45) is 5.73 Å². The smallest absolute Gasteiger partial charge is 0.268 e. The van der Waals surface area contributed by atoms with Crippen molar-refractivity contribution < 1.29 is 4.79 Å². The van der Waals surface area contributed by atoms with Gasteiger partial charge in [0.1, 0.15) is 5.69 Å². The number of carbonyl (C=O) groups is 1. The summed E-state index contributed by atoms with van der Waals surface area (Å²) in [5, 5.41) is 7.48. The van der Waals surface area contributed by atoms with E-state index in [1.165, 1.54) is 27.9 Å². The standard InChI is InChI=1S/C30H35N5O/c1-4-35-27(16-23-5-7-25(8-6-23)20-34-19-21(2)17-33-34)22(3)15-28(35)29(36)32-18-24-9-11-26(12-10-24)30(31)13-14-30/h5-12,15,17,19H,4,13-14,16,18,20,31H2,1-3H3,(H,32,36). The quantitative estimate of drug-likeness (QED) is 0.359. The first-order valence-corrected chi connectivity index (χ1v) is 12.8. The molecule has 186 valence electrons. The lowest BCUT2D eigenvalue weighted by Gasteiger charge is -2.13. The van der Waals surface area contributed by atoms with Crippen LogP contribution in [0.5, 0.6) is 0 Å². The minimum Gasteiger partial charge on any atom is -0.347 e. The number of carbonyl (C=O) groups excluding carboxylic acids is 1. The zero-order valence-electron chi connectivity index (χ0n) is 21.4. The minimum absolute atomic E-state index is 0.0439. The van der Waals surface area contributed by atoms with Gasteiger partial charge in [-0.05, 0) is 73.1 Å². The number of hydrogen-bond donors (Lipinski definition) is 2. The van der Waals surface area contributed by atoms with E-state index in [4.69, 9.17) is 5.73 Å². The van der Waals surface area contributed by atoms with Crippen LogP contribution in [0.4, 0.5) is 0 Å². The summed E-state index contributed by atoms with van der Waals surface area (Å²) in [7, 11) is 0. The summed E-state index contributed by atoms with van der Waals surface area (Å²) in [6.45, 7) is 8.24. The maximum Gasteiger partial charge on any atom is 0.268 e. The number of amides is 1. The molecule has 1 aliphatic carbocycles. The molecule has 0 spiro atoms. The number of aromatic nitrogens is 3. The molecular weight excluding hydrogens is 446 g/mol. The summed E-state index contributed by atoms with van der Waals surface area (Å²) in [6.07, 6.45) is 6.82. The fraction of sp³-hybridized carbons (Fsp3) is 0.333. The van der Waals surface area contributed by atoms with Gasteiger partial charge >= 0.3 is 0 Å². The lowest BCUT2D eigenvalue weighted by atomic mass is 10.0. The molecule has 0 radical (unpaired) electrons. The summed E-state index contributed by atoms with van der Waals surface area (Å²) in [4.78, 5) is 13.1. The molecule has 4 aromatic rings. The Morgan fingerprint density at radius 1 is 1.03 bits per heavy atom. The third-order valence-electron chi connectivity index (χ3n) is 7.25. The van der Waals surface area contributed by atoms with Crippen molar-refractivity contribution in [3.63, 3.8) is 0 Å². The Hall–Kier alpha value is -3.64. The van der Waals surface area contributed by atoms with Gasteiger partial charge in [-0.2, -0.15) is 5.10 Å². The Morgan fingerprint density at radius 3 is 2.31 bits per heavy atom. The van der Waals surface area contributed by atoms with Crippen LogP contribution in [-0.2, 0) is 31.6 Å². The van der Waals surface area contributed by atoms with Crippen molar-refractivity contribution in [2.75, 3.05) is 0 Å². The van der Waals surface area contributed by atoms with Crippen LogP contribution in [0.2, 0.25) is 0 Å². The van der Waals surface area contributed by atoms with Gasteiger partial charge in [0.25, 0.3) is 5.91 Å². The van der Waals surface area contributed by atoms with Gasteiger partial charge in [-0.1, -0.05) is 48.5 Å². The molecule has 2 aromatic carbocycles. The van der Waals surface area contributed by atoms with Crippen LogP contribution < -0.4 is 11.1 Å². The van der Waals surface area contributed by atoms with Gasteiger partial charge in [-0.15, -0.1) is 0 Å². The van der Waals surface area contributed by atoms with Crippen molar-refractivity contribution in [1.29, 1.82) is 0 Å². The average molecular weight is 482 g/mol. The van der Waals surface area contributed by atoms with E-state index in [9.17, 15) is 4.79 Å². The molecule has 0 saturated heterocycles. The van der Waals surface area contributed by atoms with Crippen molar-refractivity contribution in [3.8, 4) is 0 Å². The molecule has 2 heterocycles. The highest BCUT2D eigenvalue weighted by molar-refractivity contribution is 5.93. The lowest BCUT2D eigenvalue weighted by Crippen LogP contribution is -2.26. The highest BCUT2D eigenvalue weighted by Gasteiger charge is 2.39. The monoisotopic (exact) mass is 481 g/mol. The first kappa shape index (κ1) is 24.1. The molecule has 6 nitrogen and oxygen atoms in total. The van der Waals surface area contributed by atoms with E-state index < -0.39 is 0 Å². The Morgan fingerprint density at radius 2 is 1.69 bits per heavy atom. The number of benzene rings is 2. The topological polar surface area (TPSA) is 77.9 Å². The highest BCUT2D eigenvalue weighted by Crippen LogP contribution is 2.42. The molecule has 1 amide bonds. The van der Waals surface area contributed by atoms with Gasteiger partial charge in [-0.3, -0.25) is 9.48 Å². The number of rotatable bonds is 9. The van der Waals surface area contributed by atoms with E-state index in [2.05, 4.69) is 90.5 Å². The fourth-order valence-electron chi connectivity index (χ4n) is 4.86. The summed E-state index contributed by atoms with van der Waals surface area (Å²) in [6, 6.07) is 19.0. The Kier molecular flexibility index (Phi) is 6.54. The molecule has 3 N–H and O–H groups in total. The van der Waals surface area contributed by atoms with E-state index in [1.807, 2.05) is 16.9 Å². The van der Waals surface area contributed by atoms with E-state index in [1.54, 1.807) is 0 Å². The summed E-state index contributed by atoms with van der Waals surface area (Å²) < 4.78 is 4.09. The summed E-state index contributed by atoms with van der Waals surface area (Å²) in [5.41, 5.74) is 15.1. The number of hydrogen-bond acceptors (Lipinski definition) is 3. The zero-order valence-corrected chi connectivity index (χ0v) is 21.4. The molecular formula is C30H35N5O. The van der Waals surface area contributed by atoms with Gasteiger partial charge in [0.15, 0.2) is 0 Å². The van der Waals surface area contributed by atoms with E-state index in [0.29, 0.717) is 12.2 Å². The second-order valence-electron chi connectivity index (χ2n) is 10.1. The molecule has 1 aliphatic rings. The SMILES string of the molecule is CCn1c(C(=O)NCc2ccc(C3(N)CC3)cc2)cc(C)c1Cc1ccc(Cn2cc(C)cn2)cc1. The Bertz CT molecular complexity index is 1360. The fourth-order valence-corrected chi connectivity index (χ4v) is 4.86. The average Bonchev–Trinajstić information content (AvgIpc) is 3.38. The molecule has 0 aliphatic heterocycles. The first-order chi connectivity index (χ1) is 17.3. The van der Waals surface area contributed by atoms with E-state index in [-0.39, 0.29) is 11.4 Å². The largest absolute Gasteiger partial charge is 0.347 e. The molecule has 1 saturated carbocycles. The second-order valence-corrected chi connectivity index (χ2v) is 10.1. The van der Waals surface area contributed by atoms with Gasteiger partial charge in [0, 0.05) is 36.9 Å². The first-order valence-electron chi connectivity index (χ1n) is 12.8. The molecule has 36 heavy (non-hydrogen) atoms. The molecule has 0 unspecified atom stereocenters. The molecule has 6 heteroatoms. The maximum absolute atomic E-state index is 13.1.